The fraction of sp³-hybridized carbons (Fsp3) is 0.0909. The Kier molecular flexibility index (Phi) is 2.70. The van der Waals surface area contributed by atoms with Crippen molar-refractivity contribution in [3.05, 3.63) is 58.5 Å². The van der Waals surface area contributed by atoms with Gasteiger partial charge in [0.15, 0.2) is 4.67 Å². The van der Waals surface area contributed by atoms with E-state index >= 15 is 0 Å². The van der Waals surface area contributed by atoms with Crippen LogP contribution >= 0.6 is 15.9 Å². The monoisotopic (exact) mass is 252 g/mol. The maximum absolute atomic E-state index is 9.97. The quantitative estimate of drug-likeness (QED) is 0.891. The van der Waals surface area contributed by atoms with Crippen molar-refractivity contribution in [2.24, 2.45) is 0 Å². The smallest absolute Gasteiger partial charge is 0.175 e. The Morgan fingerprint density at radius 2 is 1.86 bits per heavy atom. The van der Waals surface area contributed by atoms with Gasteiger partial charge in [0.25, 0.3) is 0 Å². The Labute approximate surface area is 90.3 Å². The first-order valence-electron chi connectivity index (χ1n) is 4.25. The van der Waals surface area contributed by atoms with Crippen LogP contribution in [0.5, 0.6) is 0 Å². The highest BCUT2D eigenvalue weighted by Crippen LogP contribution is 2.28. The molecule has 1 N–H and O–H groups in total. The number of aliphatic hydroxyl groups excluding tert-OH is 1. The first-order chi connectivity index (χ1) is 6.79. The van der Waals surface area contributed by atoms with Crippen molar-refractivity contribution in [1.82, 2.24) is 0 Å². The number of hydrogen-bond donors (Lipinski definition) is 1. The minimum absolute atomic E-state index is 0.578. The topological polar surface area (TPSA) is 33.4 Å². The molecule has 1 aromatic heterocycles. The van der Waals surface area contributed by atoms with Crippen molar-refractivity contribution in [3.63, 3.8) is 0 Å². The minimum Gasteiger partial charge on any atom is -0.457 e. The molecule has 1 aromatic carbocycles. The third kappa shape index (κ3) is 1.74. The van der Waals surface area contributed by atoms with E-state index in [9.17, 15) is 5.11 Å². The molecule has 0 bridgehead atoms. The molecule has 0 saturated heterocycles. The average Bonchev–Trinajstić information content (AvgIpc) is 2.65. The molecule has 0 aliphatic carbocycles. The largest absolute Gasteiger partial charge is 0.457 e. The molecule has 0 saturated carbocycles. The van der Waals surface area contributed by atoms with E-state index in [2.05, 4.69) is 15.9 Å². The van der Waals surface area contributed by atoms with Gasteiger partial charge in [0.05, 0.1) is 6.26 Å². The van der Waals surface area contributed by atoms with Gasteiger partial charge in [-0.3, -0.25) is 0 Å². The molecule has 2 nitrogen and oxygen atoms in total. The van der Waals surface area contributed by atoms with Gasteiger partial charge in [-0.1, -0.05) is 30.3 Å². The Morgan fingerprint density at radius 3 is 2.43 bits per heavy atom. The maximum atomic E-state index is 9.97. The molecule has 2 rings (SSSR count). The van der Waals surface area contributed by atoms with Gasteiger partial charge in [0.2, 0.25) is 0 Å². The van der Waals surface area contributed by atoms with Crippen molar-refractivity contribution >= 4 is 15.9 Å². The van der Waals surface area contributed by atoms with Gasteiger partial charge in [-0.2, -0.15) is 0 Å². The van der Waals surface area contributed by atoms with Gasteiger partial charge in [-0.05, 0) is 27.6 Å². The fourth-order valence-corrected chi connectivity index (χ4v) is 1.77. The summed E-state index contributed by atoms with van der Waals surface area (Å²) in [5, 5.41) is 9.97. The minimum atomic E-state index is -0.635. The molecule has 14 heavy (non-hydrogen) atoms. The Hall–Kier alpha value is -1.06. The van der Waals surface area contributed by atoms with Crippen LogP contribution in [0, 0.1) is 0 Å². The van der Waals surface area contributed by atoms with E-state index in [1.54, 1.807) is 12.3 Å². The number of hydrogen-bond acceptors (Lipinski definition) is 2. The van der Waals surface area contributed by atoms with E-state index in [0.29, 0.717) is 4.67 Å². The highest BCUT2D eigenvalue weighted by Gasteiger charge is 2.14. The normalized spacial score (nSPS) is 12.7. The van der Waals surface area contributed by atoms with Gasteiger partial charge >= 0.3 is 0 Å². The van der Waals surface area contributed by atoms with Gasteiger partial charge in [0, 0.05) is 5.56 Å². The van der Waals surface area contributed by atoms with Crippen LogP contribution in [0.1, 0.15) is 17.2 Å². The third-order valence-electron chi connectivity index (χ3n) is 2.06. The molecule has 0 fully saturated rings. The molecule has 1 unspecified atom stereocenters. The maximum Gasteiger partial charge on any atom is 0.175 e. The standard InChI is InChI=1S/C11H9BrO2/c12-11-9(6-7-14-11)10(13)8-4-2-1-3-5-8/h1-7,10,13H. The van der Waals surface area contributed by atoms with E-state index in [-0.39, 0.29) is 0 Å². The fourth-order valence-electron chi connectivity index (χ4n) is 1.31. The van der Waals surface area contributed by atoms with Crippen molar-refractivity contribution in [2.75, 3.05) is 0 Å². The molecule has 3 heteroatoms. The SMILES string of the molecule is OC(c1ccccc1)c1ccoc1Br. The van der Waals surface area contributed by atoms with Crippen molar-refractivity contribution in [2.45, 2.75) is 6.10 Å². The van der Waals surface area contributed by atoms with E-state index in [4.69, 9.17) is 4.42 Å². The Bertz CT molecular complexity index is 408. The van der Waals surface area contributed by atoms with Crippen LogP contribution in [0.3, 0.4) is 0 Å². The average molecular weight is 253 g/mol. The van der Waals surface area contributed by atoms with E-state index in [1.165, 1.54) is 0 Å². The molecule has 1 heterocycles. The van der Waals surface area contributed by atoms with E-state index in [1.807, 2.05) is 30.3 Å². The van der Waals surface area contributed by atoms with Crippen molar-refractivity contribution in [1.29, 1.82) is 0 Å². The zero-order valence-corrected chi connectivity index (χ0v) is 8.94. The first kappa shape index (κ1) is 9.49. The van der Waals surface area contributed by atoms with Gasteiger partial charge in [0.1, 0.15) is 6.10 Å². The first-order valence-corrected chi connectivity index (χ1v) is 5.04. The second-order valence-electron chi connectivity index (χ2n) is 2.96. The van der Waals surface area contributed by atoms with E-state index in [0.717, 1.165) is 11.1 Å². The molecule has 0 radical (unpaired) electrons. The van der Waals surface area contributed by atoms with Crippen LogP contribution in [0.2, 0.25) is 0 Å². The van der Waals surface area contributed by atoms with Crippen LogP contribution in [0.15, 0.2) is 51.7 Å². The number of benzene rings is 1. The Morgan fingerprint density at radius 1 is 1.14 bits per heavy atom. The summed E-state index contributed by atoms with van der Waals surface area (Å²) in [4.78, 5) is 0. The van der Waals surface area contributed by atoms with Crippen LogP contribution in [0.4, 0.5) is 0 Å². The lowest BCUT2D eigenvalue weighted by molar-refractivity contribution is 0.218. The van der Waals surface area contributed by atoms with E-state index < -0.39 is 6.10 Å². The summed E-state index contributed by atoms with van der Waals surface area (Å²) < 4.78 is 5.64. The summed E-state index contributed by atoms with van der Waals surface area (Å²) in [6, 6.07) is 11.2. The predicted molar refractivity (Wildman–Crippen MR) is 56.9 cm³/mol. The number of rotatable bonds is 2. The molecule has 1 atom stereocenters. The summed E-state index contributed by atoms with van der Waals surface area (Å²) in [6.07, 6.45) is 0.912. The molecular formula is C11H9BrO2. The lowest BCUT2D eigenvalue weighted by atomic mass is 10.0. The number of halogens is 1. The lowest BCUT2D eigenvalue weighted by Gasteiger charge is -2.08. The summed E-state index contributed by atoms with van der Waals surface area (Å²) in [5.74, 6) is 0. The summed E-state index contributed by atoms with van der Waals surface area (Å²) in [7, 11) is 0. The molecule has 0 aliphatic heterocycles. The van der Waals surface area contributed by atoms with Gasteiger partial charge < -0.3 is 9.52 Å². The van der Waals surface area contributed by atoms with Crippen molar-refractivity contribution < 1.29 is 9.52 Å². The molecule has 0 amide bonds. The van der Waals surface area contributed by atoms with Crippen LogP contribution in [-0.2, 0) is 0 Å². The summed E-state index contributed by atoms with van der Waals surface area (Å²) in [6.45, 7) is 0. The number of furan rings is 1. The van der Waals surface area contributed by atoms with Gasteiger partial charge in [-0.15, -0.1) is 0 Å². The number of aliphatic hydroxyl groups is 1. The van der Waals surface area contributed by atoms with Crippen molar-refractivity contribution in [3.8, 4) is 0 Å². The Balaban J connectivity index is 2.34. The van der Waals surface area contributed by atoms with Crippen LogP contribution in [-0.4, -0.2) is 5.11 Å². The second kappa shape index (κ2) is 3.98. The zero-order chi connectivity index (χ0) is 9.97. The summed E-state index contributed by atoms with van der Waals surface area (Å²) in [5.41, 5.74) is 1.60. The van der Waals surface area contributed by atoms with Crippen LogP contribution in [0.25, 0.3) is 0 Å². The third-order valence-corrected chi connectivity index (χ3v) is 2.70. The van der Waals surface area contributed by atoms with Crippen LogP contribution < -0.4 is 0 Å². The predicted octanol–water partition coefficient (Wildman–Crippen LogP) is 3.12. The lowest BCUT2D eigenvalue weighted by Crippen LogP contribution is -1.97. The zero-order valence-electron chi connectivity index (χ0n) is 7.35. The molecule has 0 aliphatic rings. The molecular weight excluding hydrogens is 244 g/mol. The second-order valence-corrected chi connectivity index (χ2v) is 3.68. The summed E-state index contributed by atoms with van der Waals surface area (Å²) >= 11 is 3.24. The highest BCUT2D eigenvalue weighted by molar-refractivity contribution is 9.10. The molecule has 0 spiro atoms. The van der Waals surface area contributed by atoms with Gasteiger partial charge in [-0.25, -0.2) is 0 Å². The molecule has 72 valence electrons. The highest BCUT2D eigenvalue weighted by atomic mass is 79.9. The molecule has 2 aromatic rings.